The fourth-order valence-electron chi connectivity index (χ4n) is 1.49. The van der Waals surface area contributed by atoms with E-state index in [1.165, 1.54) is 7.05 Å². The van der Waals surface area contributed by atoms with Crippen LogP contribution >= 0.6 is 0 Å². The van der Waals surface area contributed by atoms with E-state index in [2.05, 4.69) is 26.1 Å². The first-order chi connectivity index (χ1) is 9.41. The number of hydrazine groups is 1. The molecule has 0 aliphatic carbocycles. The summed E-state index contributed by atoms with van der Waals surface area (Å²) in [6, 6.07) is 6.40. The van der Waals surface area contributed by atoms with Crippen molar-refractivity contribution in [2.24, 2.45) is 0 Å². The summed E-state index contributed by atoms with van der Waals surface area (Å²) in [6.45, 7) is 0. The lowest BCUT2D eigenvalue weighted by molar-refractivity contribution is 0.244. The van der Waals surface area contributed by atoms with Crippen LogP contribution in [0.25, 0.3) is 10.9 Å². The maximum Gasteiger partial charge on any atom is 0.333 e. The summed E-state index contributed by atoms with van der Waals surface area (Å²) in [5.41, 5.74) is 5.37. The van der Waals surface area contributed by atoms with E-state index in [9.17, 15) is 13.2 Å². The Kier molecular flexibility index (Phi) is 3.70. The van der Waals surface area contributed by atoms with Crippen molar-refractivity contribution in [3.63, 3.8) is 0 Å². The van der Waals surface area contributed by atoms with Gasteiger partial charge in [-0.2, -0.15) is 4.98 Å². The third-order valence-electron chi connectivity index (χ3n) is 2.44. The van der Waals surface area contributed by atoms with E-state index in [0.29, 0.717) is 10.9 Å². The molecule has 0 aliphatic rings. The lowest BCUT2D eigenvalue weighted by atomic mass is 10.2. The highest BCUT2D eigenvalue weighted by Crippen LogP contribution is 2.20. The Morgan fingerprint density at radius 1 is 1.20 bits per heavy atom. The average molecular weight is 295 g/mol. The number of rotatable bonds is 3. The van der Waals surface area contributed by atoms with Crippen LogP contribution in [0.3, 0.4) is 0 Å². The van der Waals surface area contributed by atoms with Crippen LogP contribution in [0.2, 0.25) is 0 Å². The summed E-state index contributed by atoms with van der Waals surface area (Å²) in [5.74, 6) is 0.208. The third-order valence-corrected chi connectivity index (χ3v) is 3.28. The third kappa shape index (κ3) is 2.94. The van der Waals surface area contributed by atoms with Gasteiger partial charge in [-0.15, -0.1) is 0 Å². The van der Waals surface area contributed by atoms with Crippen LogP contribution in [0.5, 0.6) is 0 Å². The second-order valence-corrected chi connectivity index (χ2v) is 5.88. The van der Waals surface area contributed by atoms with Crippen molar-refractivity contribution >= 4 is 32.6 Å². The maximum absolute atomic E-state index is 11.6. The molecular formula is C11H13N5O3S. The van der Waals surface area contributed by atoms with Gasteiger partial charge in [0.1, 0.15) is 0 Å². The number of anilines is 1. The second-order valence-electron chi connectivity index (χ2n) is 3.97. The van der Waals surface area contributed by atoms with Gasteiger partial charge in [-0.05, 0) is 12.1 Å². The fraction of sp³-hybridized carbons (Fsp3) is 0.182. The SMILES string of the molecule is CNC(=O)NNc1nc(S(C)(=O)=O)nc2ccccc12. The summed E-state index contributed by atoms with van der Waals surface area (Å²) < 4.78 is 23.1. The van der Waals surface area contributed by atoms with E-state index in [1.807, 2.05) is 0 Å². The summed E-state index contributed by atoms with van der Waals surface area (Å²) in [5, 5.41) is 2.64. The Bertz CT molecular complexity index is 760. The van der Waals surface area contributed by atoms with Crippen LogP contribution in [0.15, 0.2) is 29.4 Å². The van der Waals surface area contributed by atoms with E-state index >= 15 is 0 Å². The molecule has 0 atom stereocenters. The number of nitrogens with one attached hydrogen (secondary N) is 3. The van der Waals surface area contributed by atoms with Crippen LogP contribution in [-0.4, -0.2) is 37.7 Å². The van der Waals surface area contributed by atoms with E-state index in [4.69, 9.17) is 0 Å². The van der Waals surface area contributed by atoms with Crippen LogP contribution in [0, 0.1) is 0 Å². The molecule has 106 valence electrons. The first kappa shape index (κ1) is 14.0. The Morgan fingerprint density at radius 2 is 1.90 bits per heavy atom. The zero-order valence-corrected chi connectivity index (χ0v) is 11.7. The van der Waals surface area contributed by atoms with Gasteiger partial charge in [0.15, 0.2) is 5.82 Å². The molecule has 0 aliphatic heterocycles. The molecule has 0 radical (unpaired) electrons. The van der Waals surface area contributed by atoms with Gasteiger partial charge in [-0.25, -0.2) is 18.2 Å². The Morgan fingerprint density at radius 3 is 2.55 bits per heavy atom. The van der Waals surface area contributed by atoms with Crippen LogP contribution in [0.1, 0.15) is 0 Å². The zero-order valence-electron chi connectivity index (χ0n) is 10.8. The molecule has 0 bridgehead atoms. The lowest BCUT2D eigenvalue weighted by Gasteiger charge is -2.10. The van der Waals surface area contributed by atoms with Gasteiger partial charge >= 0.3 is 6.03 Å². The van der Waals surface area contributed by atoms with Crippen molar-refractivity contribution in [3.8, 4) is 0 Å². The molecule has 0 unspecified atom stereocenters. The quantitative estimate of drug-likeness (QED) is 0.554. The molecule has 20 heavy (non-hydrogen) atoms. The van der Waals surface area contributed by atoms with E-state index in [1.54, 1.807) is 24.3 Å². The first-order valence-electron chi connectivity index (χ1n) is 5.62. The Labute approximate surface area is 115 Å². The number of hydrogen-bond donors (Lipinski definition) is 3. The molecule has 2 aromatic rings. The lowest BCUT2D eigenvalue weighted by Crippen LogP contribution is -2.37. The van der Waals surface area contributed by atoms with Crippen molar-refractivity contribution in [1.82, 2.24) is 20.7 Å². The molecule has 0 fully saturated rings. The average Bonchev–Trinajstić information content (AvgIpc) is 2.43. The number of para-hydroxylation sites is 1. The van der Waals surface area contributed by atoms with Crippen LogP contribution in [0.4, 0.5) is 10.6 Å². The highest BCUT2D eigenvalue weighted by molar-refractivity contribution is 7.90. The standard InChI is InChI=1S/C11H13N5O3S/c1-12-10(17)16-15-9-7-5-3-4-6-8(7)13-11(14-9)20(2,18)19/h3-6H,1-2H3,(H2,12,16,17)(H,13,14,15). The Hall–Kier alpha value is -2.42. The number of carbonyl (C=O) groups is 1. The van der Waals surface area contributed by atoms with E-state index in [0.717, 1.165) is 6.26 Å². The molecule has 2 rings (SSSR count). The number of aromatic nitrogens is 2. The molecule has 0 saturated heterocycles. The summed E-state index contributed by atoms with van der Waals surface area (Å²) >= 11 is 0. The maximum atomic E-state index is 11.6. The number of benzene rings is 1. The zero-order chi connectivity index (χ0) is 14.8. The molecule has 0 spiro atoms. The largest absolute Gasteiger partial charge is 0.340 e. The minimum atomic E-state index is -3.55. The molecular weight excluding hydrogens is 282 g/mol. The van der Waals surface area contributed by atoms with Gasteiger partial charge in [-0.3, -0.25) is 10.9 Å². The molecule has 1 aromatic heterocycles. The molecule has 0 saturated carbocycles. The topological polar surface area (TPSA) is 113 Å². The molecule has 1 heterocycles. The van der Waals surface area contributed by atoms with Crippen molar-refractivity contribution in [1.29, 1.82) is 0 Å². The van der Waals surface area contributed by atoms with E-state index in [-0.39, 0.29) is 11.0 Å². The predicted octanol–water partition coefficient (Wildman–Crippen LogP) is 0.289. The number of urea groups is 1. The normalized spacial score (nSPS) is 11.1. The van der Waals surface area contributed by atoms with Gasteiger partial charge in [0, 0.05) is 18.7 Å². The monoisotopic (exact) mass is 295 g/mol. The van der Waals surface area contributed by atoms with E-state index < -0.39 is 15.9 Å². The van der Waals surface area contributed by atoms with Gasteiger partial charge in [-0.1, -0.05) is 12.1 Å². The van der Waals surface area contributed by atoms with Crippen molar-refractivity contribution in [2.45, 2.75) is 5.16 Å². The van der Waals surface area contributed by atoms with Crippen molar-refractivity contribution in [3.05, 3.63) is 24.3 Å². The smallest absolute Gasteiger partial charge is 0.333 e. The Balaban J connectivity index is 2.52. The minimum absolute atomic E-state index is 0.208. The second kappa shape index (κ2) is 5.29. The molecule has 3 N–H and O–H groups in total. The predicted molar refractivity (Wildman–Crippen MR) is 73.9 cm³/mol. The molecule has 2 amide bonds. The van der Waals surface area contributed by atoms with Crippen molar-refractivity contribution in [2.75, 3.05) is 18.7 Å². The minimum Gasteiger partial charge on any atom is -0.340 e. The van der Waals surface area contributed by atoms with Gasteiger partial charge < -0.3 is 5.32 Å². The molecule has 8 nitrogen and oxygen atoms in total. The number of sulfone groups is 1. The number of amides is 2. The van der Waals surface area contributed by atoms with Crippen LogP contribution in [-0.2, 0) is 9.84 Å². The summed E-state index contributed by atoms with van der Waals surface area (Å²) in [7, 11) is -2.10. The number of nitrogens with zero attached hydrogens (tertiary/aromatic N) is 2. The fourth-order valence-corrected chi connectivity index (χ4v) is 2.02. The number of fused-ring (bicyclic) bond motifs is 1. The number of carbonyl (C=O) groups excluding carboxylic acids is 1. The highest BCUT2D eigenvalue weighted by Gasteiger charge is 2.15. The first-order valence-corrected chi connectivity index (χ1v) is 7.51. The summed E-state index contributed by atoms with van der Waals surface area (Å²) in [6.07, 6.45) is 1.02. The molecule has 9 heteroatoms. The van der Waals surface area contributed by atoms with Crippen LogP contribution < -0.4 is 16.2 Å². The van der Waals surface area contributed by atoms with Gasteiger partial charge in [0.05, 0.1) is 5.52 Å². The molecule has 1 aromatic carbocycles. The van der Waals surface area contributed by atoms with Crippen molar-refractivity contribution < 1.29 is 13.2 Å². The highest BCUT2D eigenvalue weighted by atomic mass is 32.2. The number of hydrogen-bond acceptors (Lipinski definition) is 6. The van der Waals surface area contributed by atoms with Gasteiger partial charge in [0.25, 0.3) is 0 Å². The summed E-state index contributed by atoms with van der Waals surface area (Å²) in [4.78, 5) is 19.1. The van der Waals surface area contributed by atoms with Gasteiger partial charge in [0.2, 0.25) is 15.0 Å².